The first-order valence-corrected chi connectivity index (χ1v) is 18.5. The largest absolute Gasteiger partial charge is 0.467 e. The summed E-state index contributed by atoms with van der Waals surface area (Å²) in [4.78, 5) is 25.4. The molecule has 2 amide bonds. The molecule has 4 unspecified atom stereocenters. The summed E-state index contributed by atoms with van der Waals surface area (Å²) in [6.07, 6.45) is 0.124. The third kappa shape index (κ3) is 9.81. The number of aryl methyl sites for hydroxylation is 1. The van der Waals surface area contributed by atoms with E-state index in [0.717, 1.165) is 48.3 Å². The van der Waals surface area contributed by atoms with Gasteiger partial charge in [0.2, 0.25) is 0 Å². The zero-order valence-electron chi connectivity index (χ0n) is 28.4. The number of ether oxygens (including phenoxy) is 3. The number of methoxy groups -OCH3 is 1. The molecule has 4 atom stereocenters. The number of urea groups is 1. The van der Waals surface area contributed by atoms with E-state index < -0.39 is 24.3 Å². The minimum atomic E-state index is -0.823. The van der Waals surface area contributed by atoms with E-state index in [1.54, 1.807) is 23.1 Å². The molecule has 51 heavy (non-hydrogen) atoms. The number of esters is 1. The Morgan fingerprint density at radius 3 is 2.35 bits per heavy atom. The fourth-order valence-corrected chi connectivity index (χ4v) is 7.73. The molecule has 264 valence electrons. The maximum absolute atomic E-state index is 12.9. The molecule has 0 saturated carbocycles. The van der Waals surface area contributed by atoms with Crippen LogP contribution < -0.4 is 10.6 Å². The normalized spacial score (nSPS) is 17.7. The van der Waals surface area contributed by atoms with Crippen LogP contribution in [0.5, 0.6) is 0 Å². The van der Waals surface area contributed by atoms with E-state index >= 15 is 0 Å². The molecule has 2 heterocycles. The average Bonchev–Trinajstić information content (AvgIpc) is 3.61. The standard InChI is InChI=1S/C39H40N4O6S2/c1-25-42-43-39(51-25)50-24-32-21-35(29-14-12-27(23-44)13-15-29)49-37(48-32)30-18-16-28(17-19-30)33-11-7-6-10-31(33)22-40-38(46)41-34(36(45)47-2)20-26-8-4-3-5-9-26/h3-19,32,34-35,37,44H,20-24H2,1-2H3,(H2,40,41,46). The predicted molar refractivity (Wildman–Crippen MR) is 197 cm³/mol. The van der Waals surface area contributed by atoms with Crippen molar-refractivity contribution in [3.05, 3.63) is 136 Å². The lowest BCUT2D eigenvalue weighted by atomic mass is 9.98. The molecule has 1 aliphatic heterocycles. The van der Waals surface area contributed by atoms with E-state index in [9.17, 15) is 14.7 Å². The Bertz CT molecular complexity index is 1890. The Balaban J connectivity index is 1.13. The van der Waals surface area contributed by atoms with Crippen molar-refractivity contribution >= 4 is 35.1 Å². The van der Waals surface area contributed by atoms with Gasteiger partial charge in [-0.3, -0.25) is 0 Å². The van der Waals surface area contributed by atoms with E-state index in [1.807, 2.05) is 110 Å². The van der Waals surface area contributed by atoms with Crippen LogP contribution in [0.15, 0.2) is 107 Å². The van der Waals surface area contributed by atoms with Crippen molar-refractivity contribution in [2.45, 2.75) is 61.8 Å². The van der Waals surface area contributed by atoms with Crippen LogP contribution >= 0.6 is 23.1 Å². The van der Waals surface area contributed by atoms with Crippen LogP contribution in [0.2, 0.25) is 0 Å². The highest BCUT2D eigenvalue weighted by Gasteiger charge is 2.32. The highest BCUT2D eigenvalue weighted by Crippen LogP contribution is 2.40. The number of aromatic nitrogens is 2. The topological polar surface area (TPSA) is 132 Å². The minimum absolute atomic E-state index is 0.0125. The molecule has 0 bridgehead atoms. The van der Waals surface area contributed by atoms with Gasteiger partial charge in [-0.15, -0.1) is 10.2 Å². The fourth-order valence-electron chi connectivity index (χ4n) is 5.87. The minimum Gasteiger partial charge on any atom is -0.467 e. The summed E-state index contributed by atoms with van der Waals surface area (Å²) in [7, 11) is 1.31. The predicted octanol–water partition coefficient (Wildman–Crippen LogP) is 6.93. The van der Waals surface area contributed by atoms with Gasteiger partial charge in [0.05, 0.1) is 25.9 Å². The summed E-state index contributed by atoms with van der Waals surface area (Å²) in [6.45, 7) is 2.18. The smallest absolute Gasteiger partial charge is 0.328 e. The molecule has 6 rings (SSSR count). The molecule has 0 spiro atoms. The SMILES string of the molecule is COC(=O)C(Cc1ccccc1)NC(=O)NCc1ccccc1-c1ccc(C2OC(CSc3nnc(C)s3)CC(c3ccc(CO)cc3)O2)cc1. The molecule has 1 aliphatic rings. The zero-order valence-corrected chi connectivity index (χ0v) is 30.0. The number of thioether (sulfide) groups is 1. The van der Waals surface area contributed by atoms with Crippen LogP contribution in [0.25, 0.3) is 11.1 Å². The number of aliphatic hydroxyl groups is 1. The maximum atomic E-state index is 12.9. The van der Waals surface area contributed by atoms with Crippen molar-refractivity contribution in [3.8, 4) is 11.1 Å². The molecule has 4 aromatic carbocycles. The molecule has 0 aliphatic carbocycles. The van der Waals surface area contributed by atoms with Gasteiger partial charge >= 0.3 is 12.0 Å². The zero-order chi connectivity index (χ0) is 35.6. The van der Waals surface area contributed by atoms with Gasteiger partial charge in [0.25, 0.3) is 0 Å². The maximum Gasteiger partial charge on any atom is 0.328 e. The van der Waals surface area contributed by atoms with Crippen LogP contribution in [0.3, 0.4) is 0 Å². The van der Waals surface area contributed by atoms with Crippen molar-refractivity contribution in [2.75, 3.05) is 12.9 Å². The van der Waals surface area contributed by atoms with E-state index in [0.29, 0.717) is 18.6 Å². The number of amides is 2. The van der Waals surface area contributed by atoms with Gasteiger partial charge in [0.1, 0.15) is 11.0 Å². The molecule has 12 heteroatoms. The summed E-state index contributed by atoms with van der Waals surface area (Å²) < 4.78 is 18.9. The third-order valence-electron chi connectivity index (χ3n) is 8.54. The lowest BCUT2D eigenvalue weighted by Gasteiger charge is -2.36. The quantitative estimate of drug-likeness (QED) is 0.0874. The fraction of sp³-hybridized carbons (Fsp3) is 0.282. The lowest BCUT2D eigenvalue weighted by molar-refractivity contribution is -0.245. The summed E-state index contributed by atoms with van der Waals surface area (Å²) in [5, 5.41) is 24.5. The second kappa shape index (κ2) is 17.6. The molecule has 3 N–H and O–H groups in total. The van der Waals surface area contributed by atoms with Gasteiger partial charge < -0.3 is 30.0 Å². The van der Waals surface area contributed by atoms with Crippen molar-refractivity contribution in [3.63, 3.8) is 0 Å². The molecular weight excluding hydrogens is 685 g/mol. The second-order valence-corrected chi connectivity index (χ2v) is 14.6. The Morgan fingerprint density at radius 1 is 0.922 bits per heavy atom. The van der Waals surface area contributed by atoms with E-state index in [4.69, 9.17) is 14.2 Å². The number of carbonyl (C=O) groups excluding carboxylic acids is 2. The van der Waals surface area contributed by atoms with Crippen molar-refractivity contribution in [2.24, 2.45) is 0 Å². The Morgan fingerprint density at radius 2 is 1.65 bits per heavy atom. The number of aliphatic hydroxyl groups excluding tert-OH is 1. The van der Waals surface area contributed by atoms with Crippen LogP contribution in [0.4, 0.5) is 4.79 Å². The van der Waals surface area contributed by atoms with Gasteiger partial charge in [-0.05, 0) is 40.3 Å². The van der Waals surface area contributed by atoms with Crippen molar-refractivity contribution in [1.82, 2.24) is 20.8 Å². The van der Waals surface area contributed by atoms with Gasteiger partial charge in [0, 0.05) is 30.7 Å². The van der Waals surface area contributed by atoms with Crippen LogP contribution in [-0.2, 0) is 38.6 Å². The van der Waals surface area contributed by atoms with Gasteiger partial charge in [-0.1, -0.05) is 126 Å². The molecule has 5 aromatic rings. The van der Waals surface area contributed by atoms with Gasteiger partial charge in [0.15, 0.2) is 10.6 Å². The highest BCUT2D eigenvalue weighted by molar-refractivity contribution is 8.01. The van der Waals surface area contributed by atoms with E-state index in [1.165, 1.54) is 7.11 Å². The molecule has 0 radical (unpaired) electrons. The first-order chi connectivity index (χ1) is 24.9. The number of rotatable bonds is 13. The number of hydrogen-bond acceptors (Lipinski definition) is 10. The average molecular weight is 725 g/mol. The summed E-state index contributed by atoms with van der Waals surface area (Å²) in [5.41, 5.74) is 6.53. The van der Waals surface area contributed by atoms with Crippen molar-refractivity contribution in [1.29, 1.82) is 0 Å². The molecule has 1 saturated heterocycles. The number of benzene rings is 4. The first kappa shape index (κ1) is 36.2. The summed E-state index contributed by atoms with van der Waals surface area (Å²) in [6, 6.07) is 32.0. The number of hydrogen-bond donors (Lipinski definition) is 3. The highest BCUT2D eigenvalue weighted by atomic mass is 32.2. The third-order valence-corrected chi connectivity index (χ3v) is 10.6. The molecule has 1 aromatic heterocycles. The number of carbonyl (C=O) groups is 2. The number of nitrogens with one attached hydrogen (secondary N) is 2. The van der Waals surface area contributed by atoms with Crippen molar-refractivity contribution < 1.29 is 28.9 Å². The second-order valence-electron chi connectivity index (χ2n) is 12.1. The molecular formula is C39H40N4O6S2. The Hall–Kier alpha value is -4.59. The van der Waals surface area contributed by atoms with E-state index in [2.05, 4.69) is 20.8 Å². The number of nitrogens with zero attached hydrogens (tertiary/aromatic N) is 2. The summed E-state index contributed by atoms with van der Waals surface area (Å²) in [5.74, 6) is 0.196. The molecule has 1 fully saturated rings. The Kier molecular flexibility index (Phi) is 12.5. The molecule has 10 nitrogen and oxygen atoms in total. The van der Waals surface area contributed by atoms with E-state index in [-0.39, 0.29) is 25.4 Å². The van der Waals surface area contributed by atoms with Crippen LogP contribution in [-0.4, -0.2) is 52.3 Å². The Labute approximate surface area is 305 Å². The summed E-state index contributed by atoms with van der Waals surface area (Å²) >= 11 is 3.21. The van der Waals surface area contributed by atoms with Gasteiger partial charge in [-0.25, -0.2) is 9.59 Å². The monoisotopic (exact) mass is 724 g/mol. The van der Waals surface area contributed by atoms with Gasteiger partial charge in [-0.2, -0.15) is 0 Å². The lowest BCUT2D eigenvalue weighted by Crippen LogP contribution is -2.47. The van der Waals surface area contributed by atoms with Crippen LogP contribution in [0, 0.1) is 6.92 Å². The first-order valence-electron chi connectivity index (χ1n) is 16.7. The van der Waals surface area contributed by atoms with Crippen LogP contribution in [0.1, 0.15) is 51.6 Å².